The first-order valence-electron chi connectivity index (χ1n) is 9.57. The molecule has 0 unspecified atom stereocenters. The fourth-order valence-corrected chi connectivity index (χ4v) is 4.23. The van der Waals surface area contributed by atoms with Crippen LogP contribution in [-0.4, -0.2) is 25.8 Å². The second-order valence-electron chi connectivity index (χ2n) is 6.99. The van der Waals surface area contributed by atoms with E-state index in [-0.39, 0.29) is 24.8 Å². The summed E-state index contributed by atoms with van der Waals surface area (Å²) in [6, 6.07) is 25.7. The van der Waals surface area contributed by atoms with Crippen molar-refractivity contribution in [1.82, 2.24) is 0 Å². The molecule has 0 saturated heterocycles. The van der Waals surface area contributed by atoms with Gasteiger partial charge in [0, 0.05) is 34.6 Å². The molecule has 156 valence electrons. The average molecular weight is 457 g/mol. The van der Waals surface area contributed by atoms with Crippen molar-refractivity contribution in [3.8, 4) is 0 Å². The molecule has 1 heterocycles. The summed E-state index contributed by atoms with van der Waals surface area (Å²) < 4.78 is 0. The first-order chi connectivity index (χ1) is 13.7. The monoisotopic (exact) mass is 456 g/mol. The van der Waals surface area contributed by atoms with E-state index in [0.29, 0.717) is 0 Å². The number of halogens is 2. The van der Waals surface area contributed by atoms with Crippen LogP contribution in [0.2, 0.25) is 0 Å². The van der Waals surface area contributed by atoms with Gasteiger partial charge in [0.25, 0.3) is 0 Å². The van der Waals surface area contributed by atoms with Crippen molar-refractivity contribution in [1.29, 1.82) is 0 Å². The molecule has 4 rings (SSSR count). The number of fused-ring (bicyclic) bond motifs is 1. The van der Waals surface area contributed by atoms with E-state index < -0.39 is 0 Å². The van der Waals surface area contributed by atoms with Gasteiger partial charge in [-0.05, 0) is 42.8 Å². The maximum Gasteiger partial charge on any atom is 0.0668 e. The standard InChI is InChI=1S/C25H24N2S.2ClH/c1-19-11-14-21(15-12-19)28-25-10-6-3-7-20(25)13-16-23-22-8-4-5-9-24(22)27(2)18-17-26-23;;/h3-16H,17-18H2,1-2H3;2*1H/b16-13+;;. The number of likely N-dealkylation sites (N-methyl/N-ethyl adjacent to an activating group) is 1. The number of nitrogens with zero attached hydrogens (tertiary/aromatic N) is 2. The Morgan fingerprint density at radius 3 is 2.37 bits per heavy atom. The second kappa shape index (κ2) is 11.3. The van der Waals surface area contributed by atoms with Crippen LogP contribution in [0.1, 0.15) is 16.7 Å². The highest BCUT2D eigenvalue weighted by Crippen LogP contribution is 2.31. The molecule has 1 aliphatic rings. The predicted octanol–water partition coefficient (Wildman–Crippen LogP) is 6.94. The van der Waals surface area contributed by atoms with Gasteiger partial charge in [-0.2, -0.15) is 0 Å². The summed E-state index contributed by atoms with van der Waals surface area (Å²) in [6.07, 6.45) is 4.35. The summed E-state index contributed by atoms with van der Waals surface area (Å²) in [5.74, 6) is 0. The summed E-state index contributed by atoms with van der Waals surface area (Å²) in [5.41, 5.74) is 5.99. The molecule has 1 aliphatic heterocycles. The van der Waals surface area contributed by atoms with E-state index in [1.165, 1.54) is 32.2 Å². The van der Waals surface area contributed by atoms with E-state index in [0.717, 1.165) is 18.8 Å². The SMILES string of the molecule is Cc1ccc(Sc2ccccc2/C=C/C2=NCCN(C)c3ccccc32)cc1.Cl.Cl. The van der Waals surface area contributed by atoms with Crippen molar-refractivity contribution in [3.05, 3.63) is 95.6 Å². The van der Waals surface area contributed by atoms with Crippen LogP contribution in [0.5, 0.6) is 0 Å². The molecule has 5 heteroatoms. The van der Waals surface area contributed by atoms with Crippen LogP contribution in [0, 0.1) is 6.92 Å². The molecular weight excluding hydrogens is 431 g/mol. The van der Waals surface area contributed by atoms with E-state index in [4.69, 9.17) is 4.99 Å². The lowest BCUT2D eigenvalue weighted by Gasteiger charge is -2.18. The Labute approximate surface area is 195 Å². The topological polar surface area (TPSA) is 15.6 Å². The zero-order valence-corrected chi connectivity index (χ0v) is 19.6. The Bertz CT molecular complexity index is 1030. The van der Waals surface area contributed by atoms with Gasteiger partial charge < -0.3 is 4.90 Å². The third-order valence-electron chi connectivity index (χ3n) is 4.90. The molecule has 0 bridgehead atoms. The molecule has 0 aromatic heterocycles. The first kappa shape index (κ1) is 24.1. The lowest BCUT2D eigenvalue weighted by molar-refractivity contribution is 0.897. The molecule has 2 nitrogen and oxygen atoms in total. The number of para-hydroxylation sites is 1. The first-order valence-corrected chi connectivity index (χ1v) is 10.4. The van der Waals surface area contributed by atoms with Crippen LogP contribution in [0.4, 0.5) is 5.69 Å². The number of hydrogen-bond acceptors (Lipinski definition) is 3. The summed E-state index contributed by atoms with van der Waals surface area (Å²) in [4.78, 5) is 9.62. The van der Waals surface area contributed by atoms with Crippen LogP contribution >= 0.6 is 36.6 Å². The number of hydrogen-bond donors (Lipinski definition) is 0. The van der Waals surface area contributed by atoms with E-state index in [1.54, 1.807) is 11.8 Å². The molecule has 0 fully saturated rings. The van der Waals surface area contributed by atoms with E-state index >= 15 is 0 Å². The van der Waals surface area contributed by atoms with Crippen molar-refractivity contribution in [3.63, 3.8) is 0 Å². The minimum Gasteiger partial charge on any atom is -0.372 e. The van der Waals surface area contributed by atoms with Gasteiger partial charge in [-0.1, -0.05) is 71.9 Å². The quantitative estimate of drug-likeness (QED) is 0.422. The van der Waals surface area contributed by atoms with Crippen molar-refractivity contribution >= 4 is 54.1 Å². The third-order valence-corrected chi connectivity index (χ3v) is 6.00. The van der Waals surface area contributed by atoms with Crippen LogP contribution in [0.25, 0.3) is 6.08 Å². The van der Waals surface area contributed by atoms with Crippen LogP contribution in [-0.2, 0) is 0 Å². The van der Waals surface area contributed by atoms with Crippen molar-refractivity contribution in [2.45, 2.75) is 16.7 Å². The van der Waals surface area contributed by atoms with Gasteiger partial charge >= 0.3 is 0 Å². The van der Waals surface area contributed by atoms with Crippen molar-refractivity contribution in [2.75, 3.05) is 25.0 Å². The van der Waals surface area contributed by atoms with Gasteiger partial charge in [0.1, 0.15) is 0 Å². The minimum atomic E-state index is 0. The van der Waals surface area contributed by atoms with Crippen LogP contribution < -0.4 is 4.90 Å². The van der Waals surface area contributed by atoms with Crippen molar-refractivity contribution < 1.29 is 0 Å². The zero-order chi connectivity index (χ0) is 19.3. The number of benzene rings is 3. The lowest BCUT2D eigenvalue weighted by Crippen LogP contribution is -2.20. The maximum atomic E-state index is 4.83. The summed E-state index contributed by atoms with van der Waals surface area (Å²) in [6.45, 7) is 3.87. The molecule has 0 atom stereocenters. The van der Waals surface area contributed by atoms with E-state index in [9.17, 15) is 0 Å². The Kier molecular flexibility index (Phi) is 9.04. The Balaban J connectivity index is 0.00000160. The van der Waals surface area contributed by atoms with Crippen molar-refractivity contribution in [2.24, 2.45) is 4.99 Å². The van der Waals surface area contributed by atoms with E-state index in [2.05, 4.69) is 104 Å². The minimum absolute atomic E-state index is 0. The zero-order valence-electron chi connectivity index (χ0n) is 17.1. The molecule has 30 heavy (non-hydrogen) atoms. The highest BCUT2D eigenvalue weighted by Gasteiger charge is 2.13. The van der Waals surface area contributed by atoms with Gasteiger partial charge in [-0.15, -0.1) is 24.8 Å². The van der Waals surface area contributed by atoms with Gasteiger partial charge in [0.15, 0.2) is 0 Å². The van der Waals surface area contributed by atoms with E-state index in [1.807, 2.05) is 0 Å². The average Bonchev–Trinajstić information content (AvgIpc) is 2.88. The molecule has 0 radical (unpaired) electrons. The van der Waals surface area contributed by atoms with Gasteiger partial charge in [-0.3, -0.25) is 4.99 Å². The number of rotatable bonds is 4. The molecule has 0 amide bonds. The Hall–Kier alpha value is -2.20. The molecule has 0 aliphatic carbocycles. The highest BCUT2D eigenvalue weighted by molar-refractivity contribution is 7.99. The third kappa shape index (κ3) is 5.69. The fraction of sp³-hybridized carbons (Fsp3) is 0.160. The van der Waals surface area contributed by atoms with Gasteiger partial charge in [-0.25, -0.2) is 0 Å². The van der Waals surface area contributed by atoms with Gasteiger partial charge in [0.05, 0.1) is 12.3 Å². The molecule has 0 saturated carbocycles. The number of anilines is 1. The number of allylic oxidation sites excluding steroid dienone is 1. The number of benzodiazepines with no additional fused rings is 1. The second-order valence-corrected chi connectivity index (χ2v) is 8.11. The summed E-state index contributed by atoms with van der Waals surface area (Å²) in [5, 5.41) is 0. The number of aryl methyl sites for hydroxylation is 1. The molecular formula is C25H26Cl2N2S. The molecule has 0 N–H and O–H groups in total. The smallest absolute Gasteiger partial charge is 0.0668 e. The number of aliphatic imine (C=N–C) groups is 1. The van der Waals surface area contributed by atoms with Gasteiger partial charge in [0.2, 0.25) is 0 Å². The summed E-state index contributed by atoms with van der Waals surface area (Å²) in [7, 11) is 2.13. The Morgan fingerprint density at radius 2 is 1.57 bits per heavy atom. The molecule has 3 aromatic rings. The Morgan fingerprint density at radius 1 is 0.867 bits per heavy atom. The normalized spacial score (nSPS) is 13.0. The van der Waals surface area contributed by atoms with Crippen LogP contribution in [0.15, 0.2) is 93.7 Å². The maximum absolute atomic E-state index is 4.83. The lowest BCUT2D eigenvalue weighted by atomic mass is 10.1. The summed E-state index contributed by atoms with van der Waals surface area (Å²) >= 11 is 1.80. The largest absolute Gasteiger partial charge is 0.372 e. The molecule has 0 spiro atoms. The van der Waals surface area contributed by atoms with Crippen LogP contribution in [0.3, 0.4) is 0 Å². The fourth-order valence-electron chi connectivity index (χ4n) is 3.30. The highest BCUT2D eigenvalue weighted by atomic mass is 35.5. The predicted molar refractivity (Wildman–Crippen MR) is 136 cm³/mol. The molecule has 3 aromatic carbocycles.